The first-order chi connectivity index (χ1) is 16.0. The Hall–Kier alpha value is -3.25. The number of aromatic nitrogens is 1. The van der Waals surface area contributed by atoms with E-state index in [0.29, 0.717) is 23.8 Å². The number of nitrogens with zero attached hydrogens (tertiary/aromatic N) is 1. The lowest BCUT2D eigenvalue weighted by Crippen LogP contribution is -2.18. The molecule has 33 heavy (non-hydrogen) atoms. The Morgan fingerprint density at radius 3 is 2.58 bits per heavy atom. The zero-order valence-corrected chi connectivity index (χ0v) is 19.8. The van der Waals surface area contributed by atoms with E-state index in [0.717, 1.165) is 36.8 Å². The minimum absolute atomic E-state index is 0.497. The van der Waals surface area contributed by atoms with Gasteiger partial charge in [0.15, 0.2) is 0 Å². The minimum atomic E-state index is -1.26. The number of aryl methyl sites for hydroxylation is 2. The molecule has 0 aliphatic heterocycles. The monoisotopic (exact) mass is 462 g/mol. The Labute approximate surface area is 199 Å². The molecular weight excluding hydrogens is 434 g/mol. The largest absolute Gasteiger partial charge is 0.545 e. The molecule has 0 N–H and O–H groups in total. The van der Waals surface area contributed by atoms with Gasteiger partial charge in [-0.3, -0.25) is 0 Å². The topological polar surface area (TPSA) is 71.5 Å². The number of thioether (sulfide) groups is 1. The van der Waals surface area contributed by atoms with Gasteiger partial charge >= 0.3 is 0 Å². The minimum Gasteiger partial charge on any atom is -0.545 e. The first-order valence-corrected chi connectivity index (χ1v) is 11.9. The third-order valence-electron chi connectivity index (χ3n) is 5.07. The molecule has 0 saturated heterocycles. The highest BCUT2D eigenvalue weighted by molar-refractivity contribution is 7.98. The highest BCUT2D eigenvalue weighted by atomic mass is 32.2. The van der Waals surface area contributed by atoms with Crippen LogP contribution in [0.3, 0.4) is 0 Å². The van der Waals surface area contributed by atoms with E-state index in [-0.39, 0.29) is 0 Å². The van der Waals surface area contributed by atoms with Crippen molar-refractivity contribution < 1.29 is 19.4 Å². The van der Waals surface area contributed by atoms with E-state index in [1.165, 1.54) is 22.1 Å². The molecule has 0 aliphatic rings. The second-order valence-electron chi connectivity index (χ2n) is 7.55. The standard InChI is InChI=1S/C27H29NO4S/c1-20-7-3-4-9-26(20)33-19-22-12-16-25(24(28-22)15-17-27(29)30)32-18-6-5-8-21-10-13-23(31-2)14-11-21/h3-4,7,9-17H,5-6,8,18-19H2,1-2H3,(H,29,30)/p-1/b17-15+. The number of hydrogen-bond acceptors (Lipinski definition) is 6. The van der Waals surface area contributed by atoms with E-state index < -0.39 is 5.97 Å². The van der Waals surface area contributed by atoms with E-state index in [2.05, 4.69) is 36.2 Å². The Bertz CT molecular complexity index is 1080. The maximum atomic E-state index is 10.9. The Morgan fingerprint density at radius 1 is 1.06 bits per heavy atom. The van der Waals surface area contributed by atoms with Gasteiger partial charge in [-0.25, -0.2) is 4.98 Å². The van der Waals surface area contributed by atoms with Crippen LogP contribution in [-0.2, 0) is 17.0 Å². The smallest absolute Gasteiger partial charge is 0.144 e. The number of benzene rings is 2. The molecule has 6 heteroatoms. The maximum Gasteiger partial charge on any atom is 0.144 e. The predicted molar refractivity (Wildman–Crippen MR) is 130 cm³/mol. The summed E-state index contributed by atoms with van der Waals surface area (Å²) >= 11 is 1.70. The highest BCUT2D eigenvalue weighted by Crippen LogP contribution is 2.27. The normalized spacial score (nSPS) is 11.0. The molecule has 172 valence electrons. The number of aliphatic carboxylic acids is 1. The van der Waals surface area contributed by atoms with Crippen LogP contribution in [0.5, 0.6) is 11.5 Å². The van der Waals surface area contributed by atoms with Crippen LogP contribution in [0.15, 0.2) is 71.6 Å². The summed E-state index contributed by atoms with van der Waals surface area (Å²) in [6, 6.07) is 20.0. The van der Waals surface area contributed by atoms with Crippen LogP contribution in [0, 0.1) is 6.92 Å². The molecule has 0 fully saturated rings. The van der Waals surface area contributed by atoms with Gasteiger partial charge in [0.05, 0.1) is 25.4 Å². The maximum absolute atomic E-state index is 10.9. The van der Waals surface area contributed by atoms with Crippen molar-refractivity contribution in [2.24, 2.45) is 0 Å². The molecular formula is C27H28NO4S-. The summed E-state index contributed by atoms with van der Waals surface area (Å²) in [5.74, 6) is 0.843. The molecule has 0 bridgehead atoms. The Morgan fingerprint density at radius 2 is 1.85 bits per heavy atom. The van der Waals surface area contributed by atoms with Crippen LogP contribution in [-0.4, -0.2) is 24.7 Å². The van der Waals surface area contributed by atoms with Crippen LogP contribution in [0.1, 0.15) is 35.4 Å². The number of carboxylic acids is 1. The molecule has 0 radical (unpaired) electrons. The molecule has 0 unspecified atom stereocenters. The fraction of sp³-hybridized carbons (Fsp3) is 0.259. The van der Waals surface area contributed by atoms with Gasteiger partial charge in [-0.15, -0.1) is 11.8 Å². The van der Waals surface area contributed by atoms with Crippen molar-refractivity contribution in [3.63, 3.8) is 0 Å². The third kappa shape index (κ3) is 7.99. The number of carbonyl (C=O) groups excluding carboxylic acids is 1. The van der Waals surface area contributed by atoms with Crippen molar-refractivity contribution in [3.8, 4) is 11.5 Å². The SMILES string of the molecule is COc1ccc(CCCCOc2ccc(CSc3ccccc3C)nc2/C=C/C(=O)[O-])cc1. The number of carbonyl (C=O) groups is 1. The molecule has 0 saturated carbocycles. The van der Waals surface area contributed by atoms with Crippen molar-refractivity contribution in [3.05, 3.63) is 89.3 Å². The molecule has 0 spiro atoms. The lowest BCUT2D eigenvalue weighted by atomic mass is 10.1. The van der Waals surface area contributed by atoms with Crippen molar-refractivity contribution in [2.45, 2.75) is 36.8 Å². The molecule has 1 heterocycles. The second kappa shape index (κ2) is 12.7. The number of methoxy groups -OCH3 is 1. The summed E-state index contributed by atoms with van der Waals surface area (Å²) in [6.45, 7) is 2.61. The quantitative estimate of drug-likeness (QED) is 0.218. The molecule has 0 aliphatic carbocycles. The van der Waals surface area contributed by atoms with Gasteiger partial charge < -0.3 is 19.4 Å². The average molecular weight is 463 g/mol. The van der Waals surface area contributed by atoms with Crippen LogP contribution in [0.25, 0.3) is 6.08 Å². The zero-order chi connectivity index (χ0) is 23.5. The lowest BCUT2D eigenvalue weighted by molar-refractivity contribution is -0.297. The van der Waals surface area contributed by atoms with Crippen LogP contribution >= 0.6 is 11.8 Å². The van der Waals surface area contributed by atoms with Crippen LogP contribution in [0.2, 0.25) is 0 Å². The average Bonchev–Trinajstić information content (AvgIpc) is 2.83. The summed E-state index contributed by atoms with van der Waals surface area (Å²) in [4.78, 5) is 16.7. The number of unbranched alkanes of at least 4 members (excludes halogenated alkanes) is 1. The van der Waals surface area contributed by atoms with Gasteiger partial charge in [-0.2, -0.15) is 0 Å². The summed E-state index contributed by atoms with van der Waals surface area (Å²) in [7, 11) is 1.66. The fourth-order valence-electron chi connectivity index (χ4n) is 3.25. The highest BCUT2D eigenvalue weighted by Gasteiger charge is 2.07. The van der Waals surface area contributed by atoms with Gasteiger partial charge in [0.2, 0.25) is 0 Å². The zero-order valence-electron chi connectivity index (χ0n) is 19.0. The number of rotatable bonds is 12. The van der Waals surface area contributed by atoms with Crippen molar-refractivity contribution in [1.82, 2.24) is 4.98 Å². The summed E-state index contributed by atoms with van der Waals surface area (Å²) in [5, 5.41) is 10.9. The molecule has 0 atom stereocenters. The molecule has 0 amide bonds. The lowest BCUT2D eigenvalue weighted by Gasteiger charge is -2.11. The molecule has 1 aromatic heterocycles. The first kappa shape index (κ1) is 24.4. The Kier molecular flexibility index (Phi) is 9.39. The molecule has 2 aromatic carbocycles. The van der Waals surface area contributed by atoms with Gasteiger partial charge in [-0.05, 0) is 79.8 Å². The van der Waals surface area contributed by atoms with Gasteiger partial charge in [0.25, 0.3) is 0 Å². The van der Waals surface area contributed by atoms with E-state index in [1.807, 2.05) is 36.4 Å². The van der Waals surface area contributed by atoms with E-state index >= 15 is 0 Å². The number of carboxylic acid groups (broad SMARTS) is 1. The van der Waals surface area contributed by atoms with Crippen molar-refractivity contribution in [1.29, 1.82) is 0 Å². The molecule has 5 nitrogen and oxygen atoms in total. The molecule has 3 aromatic rings. The summed E-state index contributed by atoms with van der Waals surface area (Å²) < 4.78 is 11.1. The third-order valence-corrected chi connectivity index (χ3v) is 6.28. The predicted octanol–water partition coefficient (Wildman–Crippen LogP) is 4.86. The second-order valence-corrected chi connectivity index (χ2v) is 8.56. The van der Waals surface area contributed by atoms with Crippen LogP contribution < -0.4 is 14.6 Å². The summed E-state index contributed by atoms with van der Waals surface area (Å²) in [6.07, 6.45) is 5.23. The van der Waals surface area contributed by atoms with Crippen molar-refractivity contribution in [2.75, 3.05) is 13.7 Å². The Balaban J connectivity index is 1.56. The van der Waals surface area contributed by atoms with Crippen LogP contribution in [0.4, 0.5) is 0 Å². The van der Waals surface area contributed by atoms with Gasteiger partial charge in [0, 0.05) is 10.6 Å². The number of ether oxygens (including phenoxy) is 2. The van der Waals surface area contributed by atoms with E-state index in [1.54, 1.807) is 18.9 Å². The summed E-state index contributed by atoms with van der Waals surface area (Å²) in [5.41, 5.74) is 3.82. The van der Waals surface area contributed by atoms with E-state index in [4.69, 9.17) is 9.47 Å². The van der Waals surface area contributed by atoms with E-state index in [9.17, 15) is 9.90 Å². The molecule has 3 rings (SSSR count). The first-order valence-electron chi connectivity index (χ1n) is 10.9. The number of hydrogen-bond donors (Lipinski definition) is 0. The number of pyridine rings is 1. The van der Waals surface area contributed by atoms with Gasteiger partial charge in [-0.1, -0.05) is 30.3 Å². The van der Waals surface area contributed by atoms with Gasteiger partial charge in [0.1, 0.15) is 17.2 Å². The van der Waals surface area contributed by atoms with Crippen molar-refractivity contribution >= 4 is 23.8 Å². The fourth-order valence-corrected chi connectivity index (χ4v) is 4.18.